The van der Waals surface area contributed by atoms with Crippen LogP contribution in [0.25, 0.3) is 5.82 Å². The summed E-state index contributed by atoms with van der Waals surface area (Å²) < 4.78 is 20.0. The molecule has 3 aromatic rings. The molecular formula is C17H15FN4O2. The molecule has 122 valence electrons. The topological polar surface area (TPSA) is 69.0 Å². The standard InChI is InChI=1S/C17H15FN4O2/c1-12(24-14-7-5-13(18)6-8-14)17(23)21-15-4-2-9-19-16(15)22-11-3-10-20-22/h2-12H,1H3,(H,21,23). The summed E-state index contributed by atoms with van der Waals surface area (Å²) in [5, 5.41) is 6.88. The molecule has 7 heteroatoms. The third kappa shape index (κ3) is 3.57. The molecule has 0 radical (unpaired) electrons. The van der Waals surface area contributed by atoms with E-state index >= 15 is 0 Å². The van der Waals surface area contributed by atoms with Crippen LogP contribution in [-0.2, 0) is 4.79 Å². The van der Waals surface area contributed by atoms with Gasteiger partial charge in [0, 0.05) is 18.6 Å². The maximum Gasteiger partial charge on any atom is 0.265 e. The number of hydrogen-bond donors (Lipinski definition) is 1. The largest absolute Gasteiger partial charge is 0.481 e. The van der Waals surface area contributed by atoms with Gasteiger partial charge in [0.25, 0.3) is 5.91 Å². The van der Waals surface area contributed by atoms with Crippen molar-refractivity contribution in [1.82, 2.24) is 14.8 Å². The Morgan fingerprint density at radius 2 is 2.00 bits per heavy atom. The molecule has 1 amide bonds. The van der Waals surface area contributed by atoms with Crippen LogP contribution in [0.1, 0.15) is 6.92 Å². The van der Waals surface area contributed by atoms with E-state index in [1.807, 2.05) is 0 Å². The van der Waals surface area contributed by atoms with Gasteiger partial charge in [-0.15, -0.1) is 0 Å². The Hall–Kier alpha value is -3.22. The normalized spacial score (nSPS) is 11.8. The van der Waals surface area contributed by atoms with Gasteiger partial charge in [0.05, 0.1) is 5.69 Å². The molecule has 1 unspecified atom stereocenters. The Bertz CT molecular complexity index is 819. The summed E-state index contributed by atoms with van der Waals surface area (Å²) in [5.41, 5.74) is 0.515. The van der Waals surface area contributed by atoms with Crippen LogP contribution in [0.5, 0.6) is 5.75 Å². The van der Waals surface area contributed by atoms with Crippen LogP contribution >= 0.6 is 0 Å². The van der Waals surface area contributed by atoms with Gasteiger partial charge in [-0.05, 0) is 49.4 Å². The molecule has 0 saturated carbocycles. The van der Waals surface area contributed by atoms with E-state index in [0.717, 1.165) is 0 Å². The first-order valence-electron chi connectivity index (χ1n) is 7.31. The predicted octanol–water partition coefficient (Wildman–Crippen LogP) is 2.81. The number of carbonyl (C=O) groups is 1. The average Bonchev–Trinajstić information content (AvgIpc) is 3.11. The quantitative estimate of drug-likeness (QED) is 0.783. The van der Waals surface area contributed by atoms with Gasteiger partial charge in [0.1, 0.15) is 11.6 Å². The minimum Gasteiger partial charge on any atom is -0.481 e. The van der Waals surface area contributed by atoms with Crippen molar-refractivity contribution in [2.45, 2.75) is 13.0 Å². The van der Waals surface area contributed by atoms with Crippen LogP contribution in [0.4, 0.5) is 10.1 Å². The first-order valence-corrected chi connectivity index (χ1v) is 7.31. The van der Waals surface area contributed by atoms with E-state index in [2.05, 4.69) is 15.4 Å². The SMILES string of the molecule is CC(Oc1ccc(F)cc1)C(=O)Nc1cccnc1-n1cccn1. The maximum absolute atomic E-state index is 12.9. The van der Waals surface area contributed by atoms with Crippen molar-refractivity contribution < 1.29 is 13.9 Å². The van der Waals surface area contributed by atoms with Gasteiger partial charge in [0.2, 0.25) is 0 Å². The first kappa shape index (κ1) is 15.7. The summed E-state index contributed by atoms with van der Waals surface area (Å²) in [4.78, 5) is 16.6. The molecule has 0 aliphatic rings. The highest BCUT2D eigenvalue weighted by Gasteiger charge is 2.17. The lowest BCUT2D eigenvalue weighted by molar-refractivity contribution is -0.122. The zero-order valence-electron chi connectivity index (χ0n) is 12.9. The van der Waals surface area contributed by atoms with Crippen LogP contribution in [0, 0.1) is 5.82 Å². The zero-order chi connectivity index (χ0) is 16.9. The molecule has 1 N–H and O–H groups in total. The molecule has 24 heavy (non-hydrogen) atoms. The zero-order valence-corrected chi connectivity index (χ0v) is 12.9. The third-order valence-corrected chi connectivity index (χ3v) is 3.26. The summed E-state index contributed by atoms with van der Waals surface area (Å²) in [5.74, 6) is 0.210. The van der Waals surface area contributed by atoms with Crippen LogP contribution in [0.3, 0.4) is 0 Å². The number of hydrogen-bond acceptors (Lipinski definition) is 4. The van der Waals surface area contributed by atoms with Crippen molar-refractivity contribution >= 4 is 11.6 Å². The number of aromatic nitrogens is 3. The lowest BCUT2D eigenvalue weighted by Gasteiger charge is -2.16. The average molecular weight is 326 g/mol. The van der Waals surface area contributed by atoms with Gasteiger partial charge < -0.3 is 10.1 Å². The first-order chi connectivity index (χ1) is 11.6. The molecule has 0 spiro atoms. The molecule has 3 rings (SSSR count). The molecule has 0 aliphatic carbocycles. The number of anilines is 1. The van der Waals surface area contributed by atoms with Crippen LogP contribution in [-0.4, -0.2) is 26.8 Å². The van der Waals surface area contributed by atoms with E-state index in [9.17, 15) is 9.18 Å². The van der Waals surface area contributed by atoms with Crippen LogP contribution in [0.2, 0.25) is 0 Å². The Kier molecular flexibility index (Phi) is 4.51. The highest BCUT2D eigenvalue weighted by molar-refractivity contribution is 5.95. The molecule has 2 heterocycles. The van der Waals surface area contributed by atoms with E-state index in [0.29, 0.717) is 17.3 Å². The highest BCUT2D eigenvalue weighted by Crippen LogP contribution is 2.18. The molecule has 0 aliphatic heterocycles. The number of pyridine rings is 1. The number of nitrogens with zero attached hydrogens (tertiary/aromatic N) is 3. The van der Waals surface area contributed by atoms with Crippen molar-refractivity contribution in [2.24, 2.45) is 0 Å². The van der Waals surface area contributed by atoms with Gasteiger partial charge >= 0.3 is 0 Å². The summed E-state index contributed by atoms with van der Waals surface area (Å²) >= 11 is 0. The predicted molar refractivity (Wildman–Crippen MR) is 86.5 cm³/mol. The number of halogens is 1. The maximum atomic E-state index is 12.9. The van der Waals surface area contributed by atoms with E-state index in [4.69, 9.17) is 4.74 Å². The lowest BCUT2D eigenvalue weighted by Crippen LogP contribution is -2.30. The molecule has 1 atom stereocenters. The van der Waals surface area contributed by atoms with E-state index in [-0.39, 0.29) is 11.7 Å². The number of ether oxygens (including phenoxy) is 1. The van der Waals surface area contributed by atoms with Gasteiger partial charge in [-0.1, -0.05) is 0 Å². The van der Waals surface area contributed by atoms with E-state index in [1.165, 1.54) is 24.3 Å². The van der Waals surface area contributed by atoms with Gasteiger partial charge in [-0.25, -0.2) is 14.1 Å². The Morgan fingerprint density at radius 3 is 2.71 bits per heavy atom. The second-order valence-electron chi connectivity index (χ2n) is 5.03. The summed E-state index contributed by atoms with van der Waals surface area (Å²) in [6, 6.07) is 10.7. The Balaban J connectivity index is 1.72. The van der Waals surface area contributed by atoms with Crippen molar-refractivity contribution in [3.63, 3.8) is 0 Å². The fraction of sp³-hybridized carbons (Fsp3) is 0.118. The van der Waals surface area contributed by atoms with Gasteiger partial charge in [-0.2, -0.15) is 5.10 Å². The molecule has 2 aromatic heterocycles. The van der Waals surface area contributed by atoms with Crippen molar-refractivity contribution in [3.8, 4) is 11.6 Å². The van der Waals surface area contributed by atoms with E-state index in [1.54, 1.807) is 48.4 Å². The Labute approximate surface area is 137 Å². The molecule has 0 fully saturated rings. The number of amides is 1. The minimum atomic E-state index is -0.763. The summed E-state index contributed by atoms with van der Waals surface area (Å²) in [6.07, 6.45) is 4.21. The fourth-order valence-corrected chi connectivity index (χ4v) is 2.08. The third-order valence-electron chi connectivity index (χ3n) is 3.26. The smallest absolute Gasteiger partial charge is 0.265 e. The number of rotatable bonds is 5. The van der Waals surface area contributed by atoms with Crippen molar-refractivity contribution in [2.75, 3.05) is 5.32 Å². The second kappa shape index (κ2) is 6.91. The van der Waals surface area contributed by atoms with Crippen LogP contribution < -0.4 is 10.1 Å². The lowest BCUT2D eigenvalue weighted by atomic mass is 10.3. The molecular weight excluding hydrogens is 311 g/mol. The second-order valence-corrected chi connectivity index (χ2v) is 5.03. The fourth-order valence-electron chi connectivity index (χ4n) is 2.08. The summed E-state index contributed by atoms with van der Waals surface area (Å²) in [7, 11) is 0. The monoisotopic (exact) mass is 326 g/mol. The number of nitrogens with one attached hydrogen (secondary N) is 1. The van der Waals surface area contributed by atoms with Crippen molar-refractivity contribution in [3.05, 3.63) is 66.9 Å². The molecule has 1 aromatic carbocycles. The van der Waals surface area contributed by atoms with E-state index < -0.39 is 6.10 Å². The minimum absolute atomic E-state index is 0.347. The summed E-state index contributed by atoms with van der Waals surface area (Å²) in [6.45, 7) is 1.61. The van der Waals surface area contributed by atoms with Gasteiger partial charge in [-0.3, -0.25) is 4.79 Å². The molecule has 0 saturated heterocycles. The molecule has 6 nitrogen and oxygen atoms in total. The Morgan fingerprint density at radius 1 is 1.21 bits per heavy atom. The highest BCUT2D eigenvalue weighted by atomic mass is 19.1. The number of benzene rings is 1. The van der Waals surface area contributed by atoms with Crippen LogP contribution in [0.15, 0.2) is 61.1 Å². The number of carbonyl (C=O) groups excluding carboxylic acids is 1. The van der Waals surface area contributed by atoms with Gasteiger partial charge in [0.15, 0.2) is 11.9 Å². The van der Waals surface area contributed by atoms with Crippen molar-refractivity contribution in [1.29, 1.82) is 0 Å². The molecule has 0 bridgehead atoms.